The fourth-order valence-electron chi connectivity index (χ4n) is 1.53. The van der Waals surface area contributed by atoms with Crippen LogP contribution in [0.25, 0.3) is 0 Å². The molecule has 0 aromatic carbocycles. The Bertz CT molecular complexity index is 574. The number of carbonyl (C=O) groups is 1. The number of aromatic carboxylic acids is 1. The Labute approximate surface area is 110 Å². The lowest BCUT2D eigenvalue weighted by Gasteiger charge is -2.18. The highest BCUT2D eigenvalue weighted by atomic mass is 32.2. The summed E-state index contributed by atoms with van der Waals surface area (Å²) >= 11 is 0. The molecule has 0 unspecified atom stereocenters. The van der Waals surface area contributed by atoms with E-state index in [9.17, 15) is 13.2 Å². The van der Waals surface area contributed by atoms with Crippen molar-refractivity contribution >= 4 is 16.0 Å². The van der Waals surface area contributed by atoms with Gasteiger partial charge in [0, 0.05) is 19.2 Å². The Morgan fingerprint density at radius 1 is 1.58 bits per heavy atom. The summed E-state index contributed by atoms with van der Waals surface area (Å²) in [5.41, 5.74) is 0. The van der Waals surface area contributed by atoms with E-state index in [-0.39, 0.29) is 30.4 Å². The molecule has 19 heavy (non-hydrogen) atoms. The Kier molecular flexibility index (Phi) is 4.87. The molecule has 106 valence electrons. The van der Waals surface area contributed by atoms with Crippen LogP contribution in [0.15, 0.2) is 28.0 Å². The molecular weight excluding hydrogens is 274 g/mol. The van der Waals surface area contributed by atoms with Gasteiger partial charge in [-0.05, 0) is 6.92 Å². The highest BCUT2D eigenvalue weighted by Gasteiger charge is 2.29. The van der Waals surface area contributed by atoms with Crippen LogP contribution in [0.1, 0.15) is 16.3 Å². The second-order valence-electron chi connectivity index (χ2n) is 3.71. The monoisotopic (exact) mass is 289 g/mol. The average molecular weight is 289 g/mol. The van der Waals surface area contributed by atoms with E-state index in [4.69, 9.17) is 14.6 Å². The number of rotatable bonds is 7. The molecule has 8 heteroatoms. The SMILES string of the molecule is C=CCN(CCO)S(=O)(=O)c1cc(C(=O)O)oc1C. The second kappa shape index (κ2) is 6.00. The summed E-state index contributed by atoms with van der Waals surface area (Å²) in [4.78, 5) is 10.5. The minimum Gasteiger partial charge on any atom is -0.475 e. The Balaban J connectivity index is 3.24. The number of aliphatic hydroxyl groups is 1. The summed E-state index contributed by atoms with van der Waals surface area (Å²) in [6.45, 7) is 4.35. The van der Waals surface area contributed by atoms with Crippen LogP contribution in [-0.2, 0) is 10.0 Å². The number of sulfonamides is 1. The number of furan rings is 1. The molecule has 1 aromatic heterocycles. The number of carboxylic acid groups (broad SMARTS) is 1. The fourth-order valence-corrected chi connectivity index (χ4v) is 3.09. The van der Waals surface area contributed by atoms with Gasteiger partial charge in [-0.2, -0.15) is 4.31 Å². The third-order valence-electron chi connectivity index (χ3n) is 2.38. The van der Waals surface area contributed by atoms with Gasteiger partial charge in [-0.25, -0.2) is 13.2 Å². The molecule has 0 radical (unpaired) electrons. The number of carboxylic acids is 1. The van der Waals surface area contributed by atoms with Crippen LogP contribution in [-0.4, -0.2) is 48.6 Å². The van der Waals surface area contributed by atoms with Crippen molar-refractivity contribution in [1.82, 2.24) is 4.31 Å². The van der Waals surface area contributed by atoms with E-state index < -0.39 is 21.8 Å². The van der Waals surface area contributed by atoms with E-state index >= 15 is 0 Å². The molecule has 7 nitrogen and oxygen atoms in total. The van der Waals surface area contributed by atoms with E-state index in [1.54, 1.807) is 0 Å². The Hall–Kier alpha value is -1.64. The van der Waals surface area contributed by atoms with Gasteiger partial charge in [0.15, 0.2) is 0 Å². The second-order valence-corrected chi connectivity index (χ2v) is 5.62. The summed E-state index contributed by atoms with van der Waals surface area (Å²) in [6.07, 6.45) is 1.38. The van der Waals surface area contributed by atoms with Gasteiger partial charge in [0.25, 0.3) is 0 Å². The molecule has 0 saturated carbocycles. The van der Waals surface area contributed by atoms with Crippen molar-refractivity contribution in [1.29, 1.82) is 0 Å². The lowest BCUT2D eigenvalue weighted by Crippen LogP contribution is -2.33. The first kappa shape index (κ1) is 15.4. The first-order valence-electron chi connectivity index (χ1n) is 5.40. The van der Waals surface area contributed by atoms with Gasteiger partial charge >= 0.3 is 5.97 Å². The minimum atomic E-state index is -3.92. The lowest BCUT2D eigenvalue weighted by atomic mass is 10.4. The van der Waals surface area contributed by atoms with E-state index in [1.165, 1.54) is 13.0 Å². The van der Waals surface area contributed by atoms with Crippen molar-refractivity contribution in [2.24, 2.45) is 0 Å². The zero-order valence-electron chi connectivity index (χ0n) is 10.4. The predicted molar refractivity (Wildman–Crippen MR) is 66.4 cm³/mol. The summed E-state index contributed by atoms with van der Waals surface area (Å²) in [6, 6.07) is 0.959. The number of hydrogen-bond acceptors (Lipinski definition) is 5. The van der Waals surface area contributed by atoms with E-state index in [0.717, 1.165) is 10.4 Å². The van der Waals surface area contributed by atoms with Gasteiger partial charge in [-0.15, -0.1) is 6.58 Å². The number of aryl methyl sites for hydroxylation is 1. The minimum absolute atomic E-state index is 0.00981. The molecule has 0 fully saturated rings. The quantitative estimate of drug-likeness (QED) is 0.706. The highest BCUT2D eigenvalue weighted by Crippen LogP contribution is 2.23. The maximum absolute atomic E-state index is 12.3. The maximum atomic E-state index is 12.3. The average Bonchev–Trinajstić information content (AvgIpc) is 2.72. The van der Waals surface area contributed by atoms with Crippen molar-refractivity contribution in [3.8, 4) is 0 Å². The predicted octanol–water partition coefficient (Wildman–Crippen LogP) is 0.455. The Morgan fingerprint density at radius 2 is 2.21 bits per heavy atom. The molecule has 1 aromatic rings. The van der Waals surface area contributed by atoms with Gasteiger partial charge in [-0.3, -0.25) is 0 Å². The van der Waals surface area contributed by atoms with Crippen molar-refractivity contribution in [2.75, 3.05) is 19.7 Å². The molecule has 0 saturated heterocycles. The summed E-state index contributed by atoms with van der Waals surface area (Å²) < 4.78 is 30.4. The molecule has 0 bridgehead atoms. The van der Waals surface area contributed by atoms with Crippen LogP contribution in [0.5, 0.6) is 0 Å². The lowest BCUT2D eigenvalue weighted by molar-refractivity contribution is 0.0661. The van der Waals surface area contributed by atoms with Crippen molar-refractivity contribution in [2.45, 2.75) is 11.8 Å². The number of hydrogen-bond donors (Lipinski definition) is 2. The molecule has 0 aliphatic carbocycles. The molecule has 2 N–H and O–H groups in total. The van der Waals surface area contributed by atoms with Crippen LogP contribution >= 0.6 is 0 Å². The van der Waals surface area contributed by atoms with Gasteiger partial charge in [0.2, 0.25) is 15.8 Å². The van der Waals surface area contributed by atoms with Crippen LogP contribution in [0.3, 0.4) is 0 Å². The van der Waals surface area contributed by atoms with Crippen LogP contribution in [0.2, 0.25) is 0 Å². The summed E-state index contributed by atoms with van der Waals surface area (Å²) in [7, 11) is -3.92. The summed E-state index contributed by atoms with van der Waals surface area (Å²) in [5, 5.41) is 17.7. The van der Waals surface area contributed by atoms with Crippen molar-refractivity contribution < 1.29 is 27.8 Å². The third-order valence-corrected chi connectivity index (χ3v) is 4.36. The smallest absolute Gasteiger partial charge is 0.371 e. The first-order valence-corrected chi connectivity index (χ1v) is 6.84. The molecule has 0 aliphatic rings. The zero-order chi connectivity index (χ0) is 14.6. The molecule has 1 rings (SSSR count). The Morgan fingerprint density at radius 3 is 2.63 bits per heavy atom. The molecule has 0 atom stereocenters. The molecule has 1 heterocycles. The van der Waals surface area contributed by atoms with E-state index in [0.29, 0.717) is 0 Å². The summed E-state index contributed by atoms with van der Waals surface area (Å²) in [5.74, 6) is -1.80. The normalized spacial score (nSPS) is 11.7. The van der Waals surface area contributed by atoms with E-state index in [1.807, 2.05) is 0 Å². The standard InChI is InChI=1S/C11H15NO6S/c1-3-4-12(5-6-13)19(16,17)10-7-9(11(14)15)18-8(10)2/h3,7,13H,1,4-6H2,2H3,(H,14,15). The van der Waals surface area contributed by atoms with Gasteiger partial charge < -0.3 is 14.6 Å². The molecular formula is C11H15NO6S. The van der Waals surface area contributed by atoms with Gasteiger partial charge in [0.05, 0.1) is 6.61 Å². The molecule has 0 spiro atoms. The topological polar surface area (TPSA) is 108 Å². The number of nitrogens with zero attached hydrogens (tertiary/aromatic N) is 1. The number of aliphatic hydroxyl groups excluding tert-OH is 1. The van der Waals surface area contributed by atoms with E-state index in [2.05, 4.69) is 6.58 Å². The largest absolute Gasteiger partial charge is 0.475 e. The van der Waals surface area contributed by atoms with Crippen LogP contribution < -0.4 is 0 Å². The zero-order valence-corrected chi connectivity index (χ0v) is 11.2. The van der Waals surface area contributed by atoms with Crippen LogP contribution in [0.4, 0.5) is 0 Å². The fraction of sp³-hybridized carbons (Fsp3) is 0.364. The van der Waals surface area contributed by atoms with Crippen molar-refractivity contribution in [3.63, 3.8) is 0 Å². The molecule has 0 amide bonds. The highest BCUT2D eigenvalue weighted by molar-refractivity contribution is 7.89. The first-order chi connectivity index (χ1) is 8.84. The van der Waals surface area contributed by atoms with Gasteiger partial charge in [-0.1, -0.05) is 6.08 Å². The van der Waals surface area contributed by atoms with Gasteiger partial charge in [0.1, 0.15) is 10.7 Å². The molecule has 0 aliphatic heterocycles. The van der Waals surface area contributed by atoms with Crippen molar-refractivity contribution in [3.05, 3.63) is 30.2 Å². The maximum Gasteiger partial charge on any atom is 0.371 e. The third kappa shape index (κ3) is 3.22. The van der Waals surface area contributed by atoms with Crippen LogP contribution in [0, 0.1) is 6.92 Å².